The Morgan fingerprint density at radius 3 is 2.77 bits per heavy atom. The zero-order chi connectivity index (χ0) is 21.4. The first-order valence-electron chi connectivity index (χ1n) is 9.61. The zero-order valence-corrected chi connectivity index (χ0v) is 17.0. The van der Waals surface area contributed by atoms with E-state index < -0.39 is 11.8 Å². The van der Waals surface area contributed by atoms with E-state index in [1.54, 1.807) is 30.1 Å². The lowest BCUT2D eigenvalue weighted by atomic mass is 9.95. The van der Waals surface area contributed by atoms with Gasteiger partial charge in [0.05, 0.1) is 31.6 Å². The Balaban J connectivity index is 1.85. The van der Waals surface area contributed by atoms with Crippen molar-refractivity contribution in [2.75, 3.05) is 20.3 Å². The van der Waals surface area contributed by atoms with Crippen molar-refractivity contribution in [2.24, 2.45) is 0 Å². The van der Waals surface area contributed by atoms with Crippen molar-refractivity contribution in [3.63, 3.8) is 0 Å². The molecule has 156 valence electrons. The summed E-state index contributed by atoms with van der Waals surface area (Å²) in [5.41, 5.74) is 3.61. The molecule has 1 N–H and O–H groups in total. The highest BCUT2D eigenvalue weighted by Crippen LogP contribution is 2.36. The molecule has 1 atom stereocenters. The molecule has 8 heteroatoms. The second-order valence-corrected chi connectivity index (χ2v) is 7.32. The van der Waals surface area contributed by atoms with E-state index in [9.17, 15) is 9.90 Å². The maximum atomic E-state index is 15.3. The van der Waals surface area contributed by atoms with Crippen molar-refractivity contribution in [2.45, 2.75) is 26.3 Å². The Kier molecular flexibility index (Phi) is 5.26. The predicted molar refractivity (Wildman–Crippen MR) is 108 cm³/mol. The molecule has 3 heterocycles. The van der Waals surface area contributed by atoms with Crippen LogP contribution in [-0.4, -0.2) is 46.2 Å². The molecule has 1 fully saturated rings. The largest absolute Gasteiger partial charge is 0.481 e. The maximum absolute atomic E-state index is 15.3. The fraction of sp³-hybridized carbons (Fsp3) is 0.318. The Hall–Kier alpha value is -3.26. The Morgan fingerprint density at radius 1 is 1.33 bits per heavy atom. The summed E-state index contributed by atoms with van der Waals surface area (Å²) in [4.78, 5) is 16.0. The molecule has 30 heavy (non-hydrogen) atoms. The Labute approximate surface area is 173 Å². The predicted octanol–water partition coefficient (Wildman–Crippen LogP) is 4.04. The molecule has 0 aliphatic carbocycles. The lowest BCUT2D eigenvalue weighted by Gasteiger charge is -2.16. The van der Waals surface area contributed by atoms with Gasteiger partial charge in [0, 0.05) is 23.9 Å². The summed E-state index contributed by atoms with van der Waals surface area (Å²) in [5.74, 6) is -1.19. The number of carboxylic acids is 1. The number of aryl methyl sites for hydroxylation is 1. The van der Waals surface area contributed by atoms with Crippen LogP contribution in [0.5, 0.6) is 5.88 Å². The smallest absolute Gasteiger partial charge is 0.339 e. The van der Waals surface area contributed by atoms with Crippen LogP contribution in [0.2, 0.25) is 0 Å². The summed E-state index contributed by atoms with van der Waals surface area (Å²) in [7, 11) is 1.54. The number of methoxy groups -OCH3 is 1. The van der Waals surface area contributed by atoms with Gasteiger partial charge in [-0.3, -0.25) is 4.68 Å². The first kappa shape index (κ1) is 20.0. The Bertz CT molecular complexity index is 1120. The van der Waals surface area contributed by atoms with Crippen molar-refractivity contribution in [3.8, 4) is 28.3 Å². The molecule has 0 radical (unpaired) electrons. The van der Waals surface area contributed by atoms with E-state index in [0.717, 1.165) is 16.7 Å². The summed E-state index contributed by atoms with van der Waals surface area (Å²) in [6, 6.07) is 4.67. The number of aromatic carboxylic acids is 1. The van der Waals surface area contributed by atoms with E-state index in [-0.39, 0.29) is 22.9 Å². The van der Waals surface area contributed by atoms with E-state index >= 15 is 4.39 Å². The summed E-state index contributed by atoms with van der Waals surface area (Å²) in [6.45, 7) is 4.76. The molecule has 1 aromatic carbocycles. The zero-order valence-electron chi connectivity index (χ0n) is 17.0. The van der Waals surface area contributed by atoms with Gasteiger partial charge in [-0.2, -0.15) is 5.10 Å². The molecule has 1 aliphatic heterocycles. The molecule has 1 saturated heterocycles. The van der Waals surface area contributed by atoms with E-state index in [0.29, 0.717) is 31.1 Å². The number of nitrogens with zero attached hydrogens (tertiary/aromatic N) is 3. The highest BCUT2D eigenvalue weighted by atomic mass is 19.1. The first-order chi connectivity index (χ1) is 14.4. The minimum Gasteiger partial charge on any atom is -0.481 e. The maximum Gasteiger partial charge on any atom is 0.339 e. The van der Waals surface area contributed by atoms with Crippen LogP contribution < -0.4 is 4.74 Å². The monoisotopic (exact) mass is 411 g/mol. The summed E-state index contributed by atoms with van der Waals surface area (Å²) in [5, 5.41) is 13.8. The molecule has 7 nitrogen and oxygen atoms in total. The van der Waals surface area contributed by atoms with E-state index in [2.05, 4.69) is 10.1 Å². The van der Waals surface area contributed by atoms with Gasteiger partial charge in [-0.15, -0.1) is 0 Å². The molecule has 3 aromatic rings. The van der Waals surface area contributed by atoms with Gasteiger partial charge in [0.1, 0.15) is 11.4 Å². The molecule has 0 bridgehead atoms. The molecule has 0 spiro atoms. The number of benzene rings is 1. The number of halogens is 1. The van der Waals surface area contributed by atoms with E-state index in [4.69, 9.17) is 9.47 Å². The van der Waals surface area contributed by atoms with Crippen LogP contribution in [-0.2, 0) is 4.74 Å². The van der Waals surface area contributed by atoms with Crippen LogP contribution in [0.3, 0.4) is 0 Å². The third-order valence-corrected chi connectivity index (χ3v) is 5.45. The number of ether oxygens (including phenoxy) is 2. The van der Waals surface area contributed by atoms with Gasteiger partial charge in [0.2, 0.25) is 5.88 Å². The highest BCUT2D eigenvalue weighted by molar-refractivity contribution is 5.95. The lowest BCUT2D eigenvalue weighted by Crippen LogP contribution is -2.13. The quantitative estimate of drug-likeness (QED) is 0.682. The van der Waals surface area contributed by atoms with Gasteiger partial charge in [0.25, 0.3) is 0 Å². The molecule has 0 amide bonds. The van der Waals surface area contributed by atoms with Crippen LogP contribution in [0, 0.1) is 19.7 Å². The standard InChI is InChI=1S/C22H22FN3O4/c1-12-9-24-21(29-3)13(2)19(12)14-4-5-16(18(23)8-14)20-17(22(27)28)10-25-26(20)15-6-7-30-11-15/h4-5,8-10,15H,6-7,11H2,1-3H3,(H,27,28)/t15-/m0/s1. The minimum absolute atomic E-state index is 0.0357. The van der Waals surface area contributed by atoms with Crippen molar-refractivity contribution in [3.05, 3.63) is 53.1 Å². The summed E-state index contributed by atoms with van der Waals surface area (Å²) in [6.07, 6.45) is 3.65. The number of hydrogen-bond acceptors (Lipinski definition) is 5. The molecular weight excluding hydrogens is 389 g/mol. The van der Waals surface area contributed by atoms with Gasteiger partial charge in [-0.25, -0.2) is 14.2 Å². The number of rotatable bonds is 5. The average molecular weight is 411 g/mol. The third-order valence-electron chi connectivity index (χ3n) is 5.45. The first-order valence-corrected chi connectivity index (χ1v) is 9.61. The van der Waals surface area contributed by atoms with Crippen LogP contribution >= 0.6 is 0 Å². The topological polar surface area (TPSA) is 86.5 Å². The van der Waals surface area contributed by atoms with Crippen LogP contribution in [0.4, 0.5) is 4.39 Å². The second-order valence-electron chi connectivity index (χ2n) is 7.32. The van der Waals surface area contributed by atoms with Crippen LogP contribution in [0.25, 0.3) is 22.4 Å². The highest BCUT2D eigenvalue weighted by Gasteiger charge is 2.27. The fourth-order valence-corrected chi connectivity index (χ4v) is 4.01. The number of carbonyl (C=O) groups is 1. The van der Waals surface area contributed by atoms with E-state index in [1.807, 2.05) is 13.8 Å². The molecule has 4 rings (SSSR count). The average Bonchev–Trinajstić information content (AvgIpc) is 3.38. The van der Waals surface area contributed by atoms with Gasteiger partial charge >= 0.3 is 5.97 Å². The number of pyridine rings is 1. The second kappa shape index (κ2) is 7.87. The molecular formula is C22H22FN3O4. The minimum atomic E-state index is -1.15. The normalized spacial score (nSPS) is 16.1. The molecule has 2 aromatic heterocycles. The van der Waals surface area contributed by atoms with Gasteiger partial charge < -0.3 is 14.6 Å². The fourth-order valence-electron chi connectivity index (χ4n) is 4.01. The number of aromatic nitrogens is 3. The van der Waals surface area contributed by atoms with Crippen molar-refractivity contribution >= 4 is 5.97 Å². The van der Waals surface area contributed by atoms with Gasteiger partial charge in [-0.1, -0.05) is 6.07 Å². The number of carboxylic acid groups (broad SMARTS) is 1. The number of hydrogen-bond donors (Lipinski definition) is 1. The third kappa shape index (κ3) is 3.33. The van der Waals surface area contributed by atoms with Crippen molar-refractivity contribution in [1.29, 1.82) is 0 Å². The molecule has 1 aliphatic rings. The van der Waals surface area contributed by atoms with Gasteiger partial charge in [0.15, 0.2) is 0 Å². The van der Waals surface area contributed by atoms with Crippen molar-refractivity contribution < 1.29 is 23.8 Å². The van der Waals surface area contributed by atoms with E-state index in [1.165, 1.54) is 12.3 Å². The van der Waals surface area contributed by atoms with Gasteiger partial charge in [-0.05, 0) is 49.1 Å². The van der Waals surface area contributed by atoms with Crippen molar-refractivity contribution in [1.82, 2.24) is 14.8 Å². The SMILES string of the molecule is COc1ncc(C)c(-c2ccc(-c3c(C(=O)O)cnn3[C@H]3CCOC3)c(F)c2)c1C. The lowest BCUT2D eigenvalue weighted by molar-refractivity contribution is 0.0697. The molecule has 0 unspecified atom stereocenters. The van der Waals surface area contributed by atoms with Crippen LogP contribution in [0.1, 0.15) is 33.9 Å². The summed E-state index contributed by atoms with van der Waals surface area (Å²) < 4.78 is 27.6. The van der Waals surface area contributed by atoms with Crippen LogP contribution in [0.15, 0.2) is 30.6 Å². The summed E-state index contributed by atoms with van der Waals surface area (Å²) >= 11 is 0. The Morgan fingerprint density at radius 2 is 2.13 bits per heavy atom. The molecule has 0 saturated carbocycles.